The van der Waals surface area contributed by atoms with Gasteiger partial charge < -0.3 is 0 Å². The average Bonchev–Trinajstić information content (AvgIpc) is 0.674. The zero-order valence-corrected chi connectivity index (χ0v) is 63.0. The molecule has 0 atom stereocenters. The molecule has 0 aromatic heterocycles. The molecule has 26 aromatic rings. The van der Waals surface area contributed by atoms with Crippen molar-refractivity contribution in [3.63, 3.8) is 0 Å². The van der Waals surface area contributed by atoms with E-state index in [1.807, 2.05) is 0 Å². The van der Waals surface area contributed by atoms with Gasteiger partial charge in [0.2, 0.25) is 0 Å². The highest BCUT2D eigenvalue weighted by molar-refractivity contribution is 6.31. The molecule has 26 aromatic carbocycles. The Hall–Kier alpha value is -16.4. The molecule has 26 rings (SSSR count). The second kappa shape index (κ2) is 30.9. The maximum Gasteiger partial charge on any atom is 0.0636 e. The summed E-state index contributed by atoms with van der Waals surface area (Å²) in [5.74, 6) is 0. The Kier molecular flexibility index (Phi) is 7.03. The van der Waals surface area contributed by atoms with E-state index in [0.717, 1.165) is 0 Å². The lowest BCUT2D eigenvalue weighted by molar-refractivity contribution is 1.61. The summed E-state index contributed by atoms with van der Waals surface area (Å²) < 4.78 is 717. The molecule has 0 heterocycles. The average molecular weight is 1670 g/mol. The topological polar surface area (TPSA) is 0 Å². The molecule has 0 amide bonds. The quantitative estimate of drug-likeness (QED) is 0.105. The molecule has 0 aliphatic rings. The number of fused-ring (bicyclic) bond motifs is 19. The van der Waals surface area contributed by atoms with Crippen molar-refractivity contribution in [2.75, 3.05) is 0 Å². The first kappa shape index (κ1) is 28.6. The van der Waals surface area contributed by atoms with Gasteiger partial charge in [0.15, 0.2) is 0 Å². The molecule has 0 radical (unpaired) electrons. The van der Waals surface area contributed by atoms with Gasteiger partial charge in [-0.15, -0.1) is 0 Å². The van der Waals surface area contributed by atoms with Crippen LogP contribution in [-0.2, 0) is 0 Å². The van der Waals surface area contributed by atoms with Gasteiger partial charge in [-0.3, -0.25) is 0 Å². The molecule has 0 bridgehead atoms. The van der Waals surface area contributed by atoms with Gasteiger partial charge in [-0.05, 0) is 275 Å². The highest BCUT2D eigenvalue weighted by Crippen LogP contribution is 2.53. The van der Waals surface area contributed by atoms with Gasteiger partial charge in [0.05, 0.1) is 110 Å². The fourth-order valence-corrected chi connectivity index (χ4v) is 15.5. The Balaban J connectivity index is 0.000000153. The van der Waals surface area contributed by atoms with Crippen LogP contribution in [0.15, 0.2) is 483 Å². The van der Waals surface area contributed by atoms with Crippen LogP contribution in [0, 0.1) is 0 Å². The van der Waals surface area contributed by atoms with E-state index in [4.69, 9.17) is 74.0 Å². The normalized spacial score (nSPS) is 20.5. The van der Waals surface area contributed by atoms with Crippen molar-refractivity contribution in [3.8, 4) is 89.0 Å². The van der Waals surface area contributed by atoms with Crippen LogP contribution in [0.3, 0.4) is 0 Å². The van der Waals surface area contributed by atoms with E-state index in [1.54, 1.807) is 0 Å². The Bertz CT molecular complexity index is 13600. The van der Waals surface area contributed by atoms with Crippen molar-refractivity contribution in [2.45, 2.75) is 0 Å². The highest BCUT2D eigenvalue weighted by Gasteiger charge is 2.25. The third-order valence-corrected chi connectivity index (χ3v) is 20.7. The lowest BCUT2D eigenvalue weighted by atomic mass is 9.82. The maximum absolute atomic E-state index is 9.80. The van der Waals surface area contributed by atoms with Gasteiger partial charge in [0, 0.05) is 0 Å². The maximum atomic E-state index is 9.80. The van der Waals surface area contributed by atoms with Gasteiger partial charge in [0.25, 0.3) is 0 Å². The van der Waals surface area contributed by atoms with Gasteiger partial charge in [-0.2, -0.15) is 0 Å². The summed E-state index contributed by atoms with van der Waals surface area (Å²) in [7, 11) is 0. The Morgan fingerprint density at radius 1 is 0.0952 bits per heavy atom. The minimum atomic E-state index is -1.11. The van der Waals surface area contributed by atoms with Crippen LogP contribution < -0.4 is 0 Å². The molecule has 0 saturated carbocycles. The van der Waals surface area contributed by atoms with E-state index < -0.39 is 734 Å². The van der Waals surface area contributed by atoms with Crippen LogP contribution >= 0.6 is 0 Å². The Labute approximate surface area is 843 Å². The minimum Gasteiger partial charge on any atom is -0.0622 e. The van der Waals surface area contributed by atoms with Crippen molar-refractivity contribution in [3.05, 3.63) is 483 Å². The third-order valence-electron chi connectivity index (χ3n) is 20.7. The first-order chi connectivity index (χ1) is 95.9. The molecule has 0 aliphatic heterocycles. The van der Waals surface area contributed by atoms with Crippen molar-refractivity contribution in [1.29, 1.82) is 0 Å². The Morgan fingerprint density at radius 2 is 0.278 bits per heavy atom. The van der Waals surface area contributed by atoms with E-state index in [0.29, 0.717) is 0 Å². The summed E-state index contributed by atoms with van der Waals surface area (Å²) in [5, 5.41) is -19.9. The summed E-state index contributed by atoms with van der Waals surface area (Å²) in [6, 6.07) is -75.0. The summed E-state index contributed by atoms with van der Waals surface area (Å²) in [6.07, 6.45) is 0. The van der Waals surface area contributed by atoms with E-state index in [9.17, 15) is 35.6 Å². The smallest absolute Gasteiger partial charge is 0.0622 e. The molecule has 0 N–H and O–H groups in total. The SMILES string of the molecule is [2H]c1c([2H])c(-c2c3c([2H])c([2H])c([2H])c([2H])c3c(-c3c([2H])c4c([2H])c([2H])c([2H])c([2H])c4c4c([2H])c([2H])c([2H])c([2H])c34)c3c([2H])c([2H])c([2H])c([2H])c23)c([2H])c([2H])c1-c1c([2H])c([2H])c([2H])c2c([2H])c([2H])c([2H])c([2H])c12.[2H]c1c([2H])c([2H])c(-c2c([2H])c([2H])c(-c3c4c([2H])c([2H])c([2H])c([2H])c4c(-c4c([2H])c5c([2H])c([2H])c([2H])c([2H])c5c5c([2H])c([2H])c([2H])c([2H])c45)c4c([2H])c([2H])c([2H])c([2H])c34)c([2H])c2[2H])c([2H])c1[2H].[2H]c1c([2H])c([2H])c2c(-c3c([2H])c4c([2H])c([2H])c([2H])c([2H])c4c4c([2H])c([2H])c([2H])c([2H])c34)c3c([2H])c([2H])c([2H])c([2H])c3c(-c3c([2H])c4c([2H])c([2H])c([2H])c([2H])c4c4c([2H])c([2H])c([2H])c([2H])c34)c2c1[2H]. The molecule has 126 heavy (non-hydrogen) atoms. The molecule has 584 valence electrons. The van der Waals surface area contributed by atoms with Crippen LogP contribution in [0.5, 0.6) is 0 Å². The van der Waals surface area contributed by atoms with E-state index >= 15 is 0 Å². The predicted molar refractivity (Wildman–Crippen MR) is 545 cm³/mol. The monoisotopic (exact) mass is 1670 g/mol. The number of hydrogen-bond donors (Lipinski definition) is 0. The Morgan fingerprint density at radius 3 is 0.556 bits per heavy atom. The summed E-state index contributed by atoms with van der Waals surface area (Å²) in [4.78, 5) is 0. The molecule has 0 fully saturated rings. The molecular formula is C126H80. The van der Waals surface area contributed by atoms with Crippen LogP contribution in [0.2, 0.25) is 0 Å². The number of rotatable bonds is 8. The standard InChI is InChI=1S/C44H28.C42H26.C40H26/c1-3-15-33-29(12-1)14-11-23-34(33)30-24-26-31(27-25-30)43-38-19-7-9-21-40(38)44(41-22-10-8-20-39(41)43)42-28-32-13-2-4-16-35(32)36-17-5-6-18-37(36)42;1-3-15-29-27(13-1)25-39(33-19-7-5-17-31(29)33)41-35-21-9-11-23-37(35)42(38-24-12-10-22-36(38)41)40-26-28-14-2-4-16-30(28)32-18-6-8-20-34(32)40;1-2-12-27(13-3-1)28-22-24-29(25-23-28)39-34-18-8-10-20-36(34)40(37-21-11-9-19-35(37)39)38-26-30-14-4-5-15-31(30)32-16-6-7-17-33(32)38/h1-28H;1-26H;1-26H/i1D,2D,3D,4D,5D,6D,7D,8D,9D,10D,11D,12D,13D,14D,15D,16D,17D,18D,19D,20D,21D,22D,23D,24D,25D,26D,27D,28D;2*1D,2D,3D,4D,5D,6D,7D,8D,9D,10D,11D,12D,13D,14D,15D,16D,17D,18D,19D,20D,21D,22D,23D,24D,25D,26D. The minimum absolute atomic E-state index is 0.534. The highest BCUT2D eigenvalue weighted by atomic mass is 14.3. The first-order valence-corrected chi connectivity index (χ1v) is 37.2. The predicted octanol–water partition coefficient (Wildman–Crippen LogP) is 35.7. The van der Waals surface area contributed by atoms with Gasteiger partial charge in [-0.1, -0.05) is 459 Å². The molecule has 0 heteroatoms. The molecule has 0 aliphatic carbocycles. The molecule has 0 nitrogen and oxygen atoms in total. The van der Waals surface area contributed by atoms with Gasteiger partial charge in [-0.25, -0.2) is 0 Å². The fourth-order valence-electron chi connectivity index (χ4n) is 15.5. The van der Waals surface area contributed by atoms with Crippen LogP contribution in [0.25, 0.3) is 251 Å². The van der Waals surface area contributed by atoms with E-state index in [-0.39, 0.29) is 0 Å². The van der Waals surface area contributed by atoms with Crippen molar-refractivity contribution < 1.29 is 110 Å². The summed E-state index contributed by atoms with van der Waals surface area (Å²) >= 11 is 0. The van der Waals surface area contributed by atoms with Crippen molar-refractivity contribution >= 4 is 162 Å². The van der Waals surface area contributed by atoms with E-state index in [1.165, 1.54) is 0 Å². The largest absolute Gasteiger partial charge is 0.0636 e. The molecule has 0 spiro atoms. The van der Waals surface area contributed by atoms with Crippen LogP contribution in [0.1, 0.15) is 110 Å². The summed E-state index contributed by atoms with van der Waals surface area (Å²) in [5.41, 5.74) is -12.1. The second-order valence-electron chi connectivity index (χ2n) is 27.2. The zero-order valence-electron chi connectivity index (χ0n) is 143. The fraction of sp³-hybridized carbons (Fsp3) is 0. The lowest BCUT2D eigenvalue weighted by Gasteiger charge is -2.21. The molecule has 0 unspecified atom stereocenters. The lowest BCUT2D eigenvalue weighted by Crippen LogP contribution is -1.93. The summed E-state index contributed by atoms with van der Waals surface area (Å²) in [6.45, 7) is 0. The molecular weight excluding hydrogens is 1510 g/mol. The third kappa shape index (κ3) is 12.4. The van der Waals surface area contributed by atoms with Crippen molar-refractivity contribution in [2.24, 2.45) is 0 Å². The van der Waals surface area contributed by atoms with Gasteiger partial charge in [0.1, 0.15) is 0 Å². The van der Waals surface area contributed by atoms with Crippen LogP contribution in [-0.4, -0.2) is 0 Å². The van der Waals surface area contributed by atoms with Gasteiger partial charge >= 0.3 is 0 Å². The van der Waals surface area contributed by atoms with Crippen LogP contribution in [0.4, 0.5) is 0 Å². The first-order valence-electron chi connectivity index (χ1n) is 77.2. The van der Waals surface area contributed by atoms with E-state index in [2.05, 4.69) is 0 Å². The number of hydrogen-bond acceptors (Lipinski definition) is 0. The second-order valence-corrected chi connectivity index (χ2v) is 27.2. The number of benzene rings is 26. The zero-order chi connectivity index (χ0) is 153. The molecule has 0 saturated heterocycles. The van der Waals surface area contributed by atoms with Crippen molar-refractivity contribution in [1.82, 2.24) is 0 Å².